The molecule has 0 spiro atoms. The first-order valence-electron chi connectivity index (χ1n) is 6.73. The van der Waals surface area contributed by atoms with Gasteiger partial charge in [0, 0.05) is 39.7 Å². The molecular formula is C13H23ClN4O2. The molecule has 0 radical (unpaired) electrons. The molecule has 1 aromatic rings. The van der Waals surface area contributed by atoms with Crippen molar-refractivity contribution in [2.75, 3.05) is 33.4 Å². The van der Waals surface area contributed by atoms with E-state index < -0.39 is 0 Å². The van der Waals surface area contributed by atoms with Crippen LogP contribution < -0.4 is 10.6 Å². The van der Waals surface area contributed by atoms with E-state index in [0.29, 0.717) is 19.1 Å². The molecule has 0 saturated heterocycles. The molecule has 2 rings (SSSR count). The molecule has 2 N–H and O–H groups in total. The van der Waals surface area contributed by atoms with Crippen molar-refractivity contribution >= 4 is 18.3 Å². The number of aromatic nitrogens is 2. The van der Waals surface area contributed by atoms with Gasteiger partial charge in [-0.3, -0.25) is 9.48 Å². The lowest BCUT2D eigenvalue weighted by Gasteiger charge is -2.07. The lowest BCUT2D eigenvalue weighted by Crippen LogP contribution is -2.33. The summed E-state index contributed by atoms with van der Waals surface area (Å²) in [4.78, 5) is 12.1. The van der Waals surface area contributed by atoms with Gasteiger partial charge in [0.15, 0.2) is 0 Å². The van der Waals surface area contributed by atoms with Crippen molar-refractivity contribution in [3.8, 4) is 0 Å². The van der Waals surface area contributed by atoms with Crippen LogP contribution in [0.2, 0.25) is 0 Å². The fraction of sp³-hybridized carbons (Fsp3) is 0.692. The van der Waals surface area contributed by atoms with E-state index in [0.717, 1.165) is 24.3 Å². The molecule has 1 aliphatic rings. The van der Waals surface area contributed by atoms with Crippen molar-refractivity contribution < 1.29 is 9.53 Å². The normalized spacial score (nSPS) is 13.9. The molecule has 1 aromatic heterocycles. The fourth-order valence-corrected chi connectivity index (χ4v) is 2.12. The van der Waals surface area contributed by atoms with Crippen LogP contribution in [0.3, 0.4) is 0 Å². The number of ether oxygens (including phenoxy) is 1. The Kier molecular flexibility index (Phi) is 6.98. The van der Waals surface area contributed by atoms with Gasteiger partial charge in [-0.05, 0) is 12.8 Å². The summed E-state index contributed by atoms with van der Waals surface area (Å²) in [6.45, 7) is 2.84. The zero-order valence-corrected chi connectivity index (χ0v) is 12.8. The van der Waals surface area contributed by atoms with Crippen LogP contribution in [0.5, 0.6) is 0 Å². The molecule has 114 valence electrons. The average Bonchev–Trinajstić information content (AvgIpc) is 3.16. The summed E-state index contributed by atoms with van der Waals surface area (Å²) in [5.74, 6) is 0.497. The third-order valence-corrected chi connectivity index (χ3v) is 3.26. The monoisotopic (exact) mass is 302 g/mol. The van der Waals surface area contributed by atoms with Crippen molar-refractivity contribution in [1.82, 2.24) is 20.4 Å². The molecule has 1 saturated carbocycles. The fourth-order valence-electron chi connectivity index (χ4n) is 2.12. The number of amides is 1. The molecule has 0 atom stereocenters. The molecule has 0 bridgehead atoms. The maximum absolute atomic E-state index is 12.1. The third kappa shape index (κ3) is 4.47. The van der Waals surface area contributed by atoms with Crippen molar-refractivity contribution in [2.24, 2.45) is 7.05 Å². The Morgan fingerprint density at radius 3 is 2.85 bits per heavy atom. The number of methoxy groups -OCH3 is 1. The summed E-state index contributed by atoms with van der Waals surface area (Å²) in [6.07, 6.45) is 4.00. The summed E-state index contributed by atoms with van der Waals surface area (Å²) in [6, 6.07) is 0. The van der Waals surface area contributed by atoms with E-state index in [1.807, 2.05) is 11.7 Å². The van der Waals surface area contributed by atoms with E-state index in [-0.39, 0.29) is 18.3 Å². The van der Waals surface area contributed by atoms with Gasteiger partial charge < -0.3 is 15.4 Å². The summed E-state index contributed by atoms with van der Waals surface area (Å²) in [7, 11) is 3.57. The zero-order chi connectivity index (χ0) is 13.7. The maximum Gasteiger partial charge on any atom is 0.254 e. The van der Waals surface area contributed by atoms with E-state index in [1.54, 1.807) is 13.3 Å². The number of nitrogens with one attached hydrogen (secondary N) is 2. The number of hydrogen-bond acceptors (Lipinski definition) is 4. The smallest absolute Gasteiger partial charge is 0.254 e. The number of nitrogens with zero attached hydrogens (tertiary/aromatic N) is 2. The summed E-state index contributed by atoms with van der Waals surface area (Å²) in [5.41, 5.74) is 1.80. The summed E-state index contributed by atoms with van der Waals surface area (Å²) in [5, 5.41) is 10.3. The summed E-state index contributed by atoms with van der Waals surface area (Å²) >= 11 is 0. The van der Waals surface area contributed by atoms with Crippen LogP contribution in [0, 0.1) is 0 Å². The van der Waals surface area contributed by atoms with Crippen LogP contribution in [-0.2, 0) is 11.8 Å². The van der Waals surface area contributed by atoms with Gasteiger partial charge in [0.05, 0.1) is 24.1 Å². The van der Waals surface area contributed by atoms with Crippen LogP contribution in [0.1, 0.15) is 34.8 Å². The second-order valence-corrected chi connectivity index (χ2v) is 4.84. The minimum atomic E-state index is -0.0245. The van der Waals surface area contributed by atoms with E-state index in [4.69, 9.17) is 4.74 Å². The quantitative estimate of drug-likeness (QED) is 0.693. The number of carbonyl (C=O) groups excluding carboxylic acids is 1. The second kappa shape index (κ2) is 8.24. The van der Waals surface area contributed by atoms with Gasteiger partial charge in [0.25, 0.3) is 5.91 Å². The molecule has 1 amide bonds. The summed E-state index contributed by atoms with van der Waals surface area (Å²) < 4.78 is 6.75. The topological polar surface area (TPSA) is 68.2 Å². The van der Waals surface area contributed by atoms with E-state index in [1.165, 1.54) is 12.8 Å². The van der Waals surface area contributed by atoms with Crippen molar-refractivity contribution in [3.63, 3.8) is 0 Å². The first kappa shape index (κ1) is 16.9. The predicted molar refractivity (Wildman–Crippen MR) is 79.5 cm³/mol. The van der Waals surface area contributed by atoms with Crippen LogP contribution >= 0.6 is 12.4 Å². The Bertz CT molecular complexity index is 432. The number of carbonyl (C=O) groups is 1. The number of aryl methyl sites for hydroxylation is 1. The Balaban J connectivity index is 0.00000200. The van der Waals surface area contributed by atoms with Crippen molar-refractivity contribution in [3.05, 3.63) is 17.5 Å². The van der Waals surface area contributed by atoms with Crippen LogP contribution in [0.15, 0.2) is 6.20 Å². The van der Waals surface area contributed by atoms with Gasteiger partial charge in [-0.2, -0.15) is 5.10 Å². The Morgan fingerprint density at radius 2 is 2.20 bits per heavy atom. The minimum absolute atomic E-state index is 0. The molecule has 7 heteroatoms. The molecule has 0 aliphatic heterocycles. The Hall–Kier alpha value is -1.11. The highest BCUT2D eigenvalue weighted by Gasteiger charge is 2.31. The van der Waals surface area contributed by atoms with Gasteiger partial charge in [0.2, 0.25) is 0 Å². The van der Waals surface area contributed by atoms with Crippen LogP contribution in [-0.4, -0.2) is 49.0 Å². The van der Waals surface area contributed by atoms with Crippen molar-refractivity contribution in [2.45, 2.75) is 18.8 Å². The van der Waals surface area contributed by atoms with Crippen molar-refractivity contribution in [1.29, 1.82) is 0 Å². The molecule has 1 aliphatic carbocycles. The van der Waals surface area contributed by atoms with Crippen LogP contribution in [0.4, 0.5) is 0 Å². The molecule has 0 aromatic carbocycles. The lowest BCUT2D eigenvalue weighted by molar-refractivity contribution is 0.0952. The highest BCUT2D eigenvalue weighted by atomic mass is 35.5. The van der Waals surface area contributed by atoms with Gasteiger partial charge >= 0.3 is 0 Å². The first-order chi connectivity index (χ1) is 9.24. The molecule has 20 heavy (non-hydrogen) atoms. The largest absolute Gasteiger partial charge is 0.383 e. The van der Waals surface area contributed by atoms with Gasteiger partial charge in [-0.15, -0.1) is 12.4 Å². The lowest BCUT2D eigenvalue weighted by atomic mass is 10.1. The highest BCUT2D eigenvalue weighted by molar-refractivity contribution is 5.95. The number of rotatable bonds is 8. The van der Waals surface area contributed by atoms with Gasteiger partial charge in [-0.25, -0.2) is 0 Å². The zero-order valence-electron chi connectivity index (χ0n) is 12.0. The average molecular weight is 303 g/mol. The molecule has 0 unspecified atom stereocenters. The SMILES string of the molecule is COCCNCCNC(=O)c1cnn(C)c1C1CC1.Cl. The number of hydrogen-bond donors (Lipinski definition) is 2. The minimum Gasteiger partial charge on any atom is -0.383 e. The number of halogens is 1. The van der Waals surface area contributed by atoms with Crippen LogP contribution in [0.25, 0.3) is 0 Å². The standard InChI is InChI=1S/C13H22N4O2.ClH/c1-17-12(10-3-4-10)11(9-16-17)13(18)15-6-5-14-7-8-19-2;/h9-10,14H,3-8H2,1-2H3,(H,15,18);1H. The van der Waals surface area contributed by atoms with E-state index in [2.05, 4.69) is 15.7 Å². The van der Waals surface area contributed by atoms with Gasteiger partial charge in [-0.1, -0.05) is 0 Å². The van der Waals surface area contributed by atoms with Gasteiger partial charge in [0.1, 0.15) is 0 Å². The molecule has 1 fully saturated rings. The second-order valence-electron chi connectivity index (χ2n) is 4.84. The first-order valence-corrected chi connectivity index (χ1v) is 6.73. The molecular weight excluding hydrogens is 280 g/mol. The maximum atomic E-state index is 12.1. The molecule has 1 heterocycles. The highest BCUT2D eigenvalue weighted by Crippen LogP contribution is 2.41. The third-order valence-electron chi connectivity index (χ3n) is 3.26. The predicted octanol–water partition coefficient (Wildman–Crippen LogP) is 0.685. The molecule has 6 nitrogen and oxygen atoms in total. The Labute approximate surface area is 125 Å². The van der Waals surface area contributed by atoms with E-state index in [9.17, 15) is 4.79 Å². The Morgan fingerprint density at radius 1 is 1.45 bits per heavy atom. The van der Waals surface area contributed by atoms with E-state index >= 15 is 0 Å².